The van der Waals surface area contributed by atoms with E-state index >= 15 is 0 Å². The Balaban J connectivity index is 2.06. The predicted octanol–water partition coefficient (Wildman–Crippen LogP) is 3.69. The van der Waals surface area contributed by atoms with E-state index in [2.05, 4.69) is 5.32 Å². The Morgan fingerprint density at radius 3 is 2.68 bits per heavy atom. The second-order valence-corrected chi connectivity index (χ2v) is 4.41. The van der Waals surface area contributed by atoms with E-state index in [-0.39, 0.29) is 10.6 Å². The zero-order valence-electron chi connectivity index (χ0n) is 10.2. The molecule has 1 N–H and O–H groups in total. The molecule has 3 rings (SSSR count). The van der Waals surface area contributed by atoms with Crippen LogP contribution in [-0.2, 0) is 6.54 Å². The summed E-state index contributed by atoms with van der Waals surface area (Å²) in [6, 6.07) is 13.0. The lowest BCUT2D eigenvalue weighted by atomic mass is 10.0. The molecule has 0 aliphatic carbocycles. The van der Waals surface area contributed by atoms with Crippen LogP contribution >= 0.6 is 0 Å². The van der Waals surface area contributed by atoms with E-state index in [9.17, 15) is 10.1 Å². The second-order valence-electron chi connectivity index (χ2n) is 4.41. The Morgan fingerprint density at radius 2 is 1.84 bits per heavy atom. The highest BCUT2D eigenvalue weighted by molar-refractivity contribution is 5.79. The summed E-state index contributed by atoms with van der Waals surface area (Å²) in [5, 5.41) is 14.1. The van der Waals surface area contributed by atoms with Crippen molar-refractivity contribution in [2.45, 2.75) is 6.54 Å². The first kappa shape index (κ1) is 11.5. The molecular weight excluding hydrogens is 240 g/mol. The third-order valence-electron chi connectivity index (χ3n) is 3.21. The number of nitrogens with zero attached hydrogens (tertiary/aromatic N) is 1. The van der Waals surface area contributed by atoms with E-state index in [0.29, 0.717) is 6.54 Å². The van der Waals surface area contributed by atoms with Gasteiger partial charge >= 0.3 is 0 Å². The summed E-state index contributed by atoms with van der Waals surface area (Å²) in [4.78, 5) is 10.4. The van der Waals surface area contributed by atoms with Gasteiger partial charge in [0.15, 0.2) is 0 Å². The Bertz CT molecular complexity index is 678. The number of rotatable bonds is 1. The van der Waals surface area contributed by atoms with Gasteiger partial charge in [0.25, 0.3) is 5.69 Å². The van der Waals surface area contributed by atoms with Gasteiger partial charge in [0.1, 0.15) is 0 Å². The average molecular weight is 252 g/mol. The molecule has 2 aromatic rings. The Labute approximate surface area is 110 Å². The zero-order chi connectivity index (χ0) is 13.2. The normalized spacial score (nSPS) is 12.6. The van der Waals surface area contributed by atoms with Gasteiger partial charge in [-0.1, -0.05) is 30.4 Å². The molecule has 2 aromatic carbocycles. The van der Waals surface area contributed by atoms with E-state index in [1.807, 2.05) is 36.4 Å². The van der Waals surface area contributed by atoms with Crippen LogP contribution in [0.25, 0.3) is 12.2 Å². The minimum absolute atomic E-state index is 0.128. The molecule has 0 spiro atoms. The third-order valence-corrected chi connectivity index (χ3v) is 3.21. The highest BCUT2D eigenvalue weighted by Crippen LogP contribution is 2.26. The fourth-order valence-corrected chi connectivity index (χ4v) is 2.19. The highest BCUT2D eigenvalue weighted by atomic mass is 16.6. The van der Waals surface area contributed by atoms with Crippen LogP contribution in [0.3, 0.4) is 0 Å². The lowest BCUT2D eigenvalue weighted by Crippen LogP contribution is -2.05. The molecule has 0 unspecified atom stereocenters. The number of hydrogen-bond acceptors (Lipinski definition) is 3. The summed E-state index contributed by atoms with van der Waals surface area (Å²) in [6.07, 6.45) is 4.02. The van der Waals surface area contributed by atoms with Crippen molar-refractivity contribution < 1.29 is 4.92 Å². The number of benzene rings is 2. The number of non-ortho nitro benzene ring substituents is 1. The standard InChI is InChI=1S/C15H12N2O2/c18-17(19)14-8-7-11-5-6-12-3-1-2-4-15(12)16-10-13(11)9-14/h1-9,16H,10H2. The highest BCUT2D eigenvalue weighted by Gasteiger charge is 2.11. The second kappa shape index (κ2) is 4.57. The number of nitro groups is 1. The van der Waals surface area contributed by atoms with Gasteiger partial charge in [-0.15, -0.1) is 0 Å². The van der Waals surface area contributed by atoms with Crippen LogP contribution in [0.5, 0.6) is 0 Å². The van der Waals surface area contributed by atoms with Gasteiger partial charge in [-0.2, -0.15) is 0 Å². The summed E-state index contributed by atoms with van der Waals surface area (Å²) in [5.74, 6) is 0. The lowest BCUT2D eigenvalue weighted by Gasteiger charge is -2.14. The largest absolute Gasteiger partial charge is 0.380 e. The predicted molar refractivity (Wildman–Crippen MR) is 75.8 cm³/mol. The zero-order valence-corrected chi connectivity index (χ0v) is 10.2. The van der Waals surface area contributed by atoms with Crippen LogP contribution in [0, 0.1) is 10.1 Å². The van der Waals surface area contributed by atoms with Crippen LogP contribution in [0.1, 0.15) is 16.7 Å². The Hall–Kier alpha value is -2.62. The van der Waals surface area contributed by atoms with Crippen LogP contribution in [0.4, 0.5) is 11.4 Å². The van der Waals surface area contributed by atoms with E-state index in [0.717, 1.165) is 22.4 Å². The molecule has 94 valence electrons. The maximum atomic E-state index is 10.8. The van der Waals surface area contributed by atoms with Crippen LogP contribution in [0.15, 0.2) is 42.5 Å². The van der Waals surface area contributed by atoms with Crippen molar-refractivity contribution in [2.75, 3.05) is 5.32 Å². The maximum absolute atomic E-state index is 10.8. The minimum Gasteiger partial charge on any atom is -0.380 e. The molecule has 1 aliphatic heterocycles. The molecule has 0 radical (unpaired) electrons. The molecule has 0 aromatic heterocycles. The molecule has 4 heteroatoms. The first-order valence-corrected chi connectivity index (χ1v) is 6.02. The molecule has 1 heterocycles. The van der Waals surface area contributed by atoms with E-state index in [4.69, 9.17) is 0 Å². The first-order valence-electron chi connectivity index (χ1n) is 6.02. The van der Waals surface area contributed by atoms with Crippen molar-refractivity contribution in [1.29, 1.82) is 0 Å². The molecule has 4 nitrogen and oxygen atoms in total. The quantitative estimate of drug-likeness (QED) is 0.622. The van der Waals surface area contributed by atoms with Crippen molar-refractivity contribution in [3.63, 3.8) is 0 Å². The van der Waals surface area contributed by atoms with Gasteiger partial charge in [0.2, 0.25) is 0 Å². The summed E-state index contributed by atoms with van der Waals surface area (Å²) in [7, 11) is 0. The minimum atomic E-state index is -0.364. The SMILES string of the molecule is O=[N+]([O-])c1ccc2c(c1)CNc1ccccc1C=C2. The Kier molecular flexibility index (Phi) is 2.76. The van der Waals surface area contributed by atoms with E-state index < -0.39 is 0 Å². The summed E-state index contributed by atoms with van der Waals surface area (Å²) in [6.45, 7) is 0.582. The molecule has 1 aliphatic rings. The molecular formula is C15H12N2O2. The monoisotopic (exact) mass is 252 g/mol. The number of para-hydroxylation sites is 1. The Morgan fingerprint density at radius 1 is 1.05 bits per heavy atom. The molecule has 0 fully saturated rings. The first-order chi connectivity index (χ1) is 9.24. The molecule has 0 bridgehead atoms. The fourth-order valence-electron chi connectivity index (χ4n) is 2.19. The van der Waals surface area contributed by atoms with Gasteiger partial charge < -0.3 is 5.32 Å². The number of nitrogens with one attached hydrogen (secondary N) is 1. The van der Waals surface area contributed by atoms with E-state index in [1.165, 1.54) is 6.07 Å². The number of nitro benzene ring substituents is 1. The molecule has 19 heavy (non-hydrogen) atoms. The topological polar surface area (TPSA) is 55.2 Å². The van der Waals surface area contributed by atoms with Crippen LogP contribution in [0.2, 0.25) is 0 Å². The number of hydrogen-bond donors (Lipinski definition) is 1. The van der Waals surface area contributed by atoms with Crippen molar-refractivity contribution in [3.05, 3.63) is 69.3 Å². The third kappa shape index (κ3) is 2.20. The summed E-state index contributed by atoms with van der Waals surface area (Å²) < 4.78 is 0. The average Bonchev–Trinajstić information content (AvgIpc) is 2.41. The van der Waals surface area contributed by atoms with Gasteiger partial charge in [0, 0.05) is 24.4 Å². The van der Waals surface area contributed by atoms with Gasteiger partial charge in [-0.25, -0.2) is 0 Å². The number of anilines is 1. The lowest BCUT2D eigenvalue weighted by molar-refractivity contribution is -0.384. The van der Waals surface area contributed by atoms with Crippen LogP contribution < -0.4 is 5.32 Å². The van der Waals surface area contributed by atoms with Gasteiger partial charge in [0.05, 0.1) is 4.92 Å². The molecule has 0 saturated heterocycles. The van der Waals surface area contributed by atoms with Crippen molar-refractivity contribution in [3.8, 4) is 0 Å². The van der Waals surface area contributed by atoms with Crippen LogP contribution in [-0.4, -0.2) is 4.92 Å². The van der Waals surface area contributed by atoms with E-state index in [1.54, 1.807) is 12.1 Å². The van der Waals surface area contributed by atoms with Gasteiger partial charge in [-0.3, -0.25) is 10.1 Å². The van der Waals surface area contributed by atoms with Gasteiger partial charge in [-0.05, 0) is 28.8 Å². The molecule has 0 saturated carbocycles. The summed E-state index contributed by atoms with van der Waals surface area (Å²) in [5.41, 5.74) is 4.22. The summed E-state index contributed by atoms with van der Waals surface area (Å²) >= 11 is 0. The molecule has 0 atom stereocenters. The smallest absolute Gasteiger partial charge is 0.269 e. The molecule has 0 amide bonds. The van der Waals surface area contributed by atoms with Crippen molar-refractivity contribution >= 4 is 23.5 Å². The number of fused-ring (bicyclic) bond motifs is 2. The maximum Gasteiger partial charge on any atom is 0.269 e. The fraction of sp³-hybridized carbons (Fsp3) is 0.0667. The van der Waals surface area contributed by atoms with Crippen molar-refractivity contribution in [1.82, 2.24) is 0 Å². The van der Waals surface area contributed by atoms with Crippen molar-refractivity contribution in [2.24, 2.45) is 0 Å².